The molecule has 30 heavy (non-hydrogen) atoms. The van der Waals surface area contributed by atoms with Gasteiger partial charge in [-0.2, -0.15) is 0 Å². The maximum absolute atomic E-state index is 12.6. The number of fused-ring (bicyclic) bond motifs is 1. The van der Waals surface area contributed by atoms with Crippen molar-refractivity contribution in [3.05, 3.63) is 59.4 Å². The lowest BCUT2D eigenvalue weighted by molar-refractivity contribution is 0.0725. The molecule has 2 aromatic carbocycles. The van der Waals surface area contributed by atoms with Gasteiger partial charge in [0.2, 0.25) is 0 Å². The van der Waals surface area contributed by atoms with Crippen LogP contribution in [-0.2, 0) is 12.8 Å². The third-order valence-electron chi connectivity index (χ3n) is 5.59. The molecule has 4 rings (SSSR count). The Labute approximate surface area is 177 Å². The molecule has 2 heterocycles. The first kappa shape index (κ1) is 20.4. The van der Waals surface area contributed by atoms with Crippen LogP contribution in [0.15, 0.2) is 42.5 Å². The monoisotopic (exact) mass is 406 g/mol. The number of rotatable bonds is 8. The number of nitrogens with one attached hydrogen (secondary N) is 2. The highest BCUT2D eigenvalue weighted by Gasteiger charge is 2.20. The number of nitrogens with zero attached hydrogens (tertiary/aromatic N) is 2. The molecule has 1 fully saturated rings. The number of aromatic amines is 1. The number of imidazole rings is 1. The standard InChI is InChI=1S/C24H30N4O2/c1-2-18-7-5-8-20(16-18)30-15-4-3-6-19-9-10-21-22(17-19)27-23(26-21)24(29)28-13-11-25-12-14-28/h5,7-10,16-17,25H,2-4,6,11-15H2,1H3,(H,26,27). The highest BCUT2D eigenvalue weighted by atomic mass is 16.5. The molecule has 1 saturated heterocycles. The zero-order valence-electron chi connectivity index (χ0n) is 17.6. The number of benzene rings is 2. The van der Waals surface area contributed by atoms with Crippen LogP contribution in [0.3, 0.4) is 0 Å². The molecule has 0 radical (unpaired) electrons. The van der Waals surface area contributed by atoms with Gasteiger partial charge >= 0.3 is 0 Å². The van der Waals surface area contributed by atoms with Crippen LogP contribution < -0.4 is 10.1 Å². The minimum absolute atomic E-state index is 0.0152. The maximum Gasteiger partial charge on any atom is 0.289 e. The number of ether oxygens (including phenoxy) is 1. The Hall–Kier alpha value is -2.86. The predicted octanol–water partition coefficient (Wildman–Crippen LogP) is 3.57. The Morgan fingerprint density at radius 3 is 2.80 bits per heavy atom. The maximum atomic E-state index is 12.6. The second kappa shape index (κ2) is 9.76. The molecule has 0 aliphatic carbocycles. The van der Waals surface area contributed by atoms with E-state index in [1.807, 2.05) is 17.0 Å². The fourth-order valence-electron chi connectivity index (χ4n) is 3.81. The van der Waals surface area contributed by atoms with Crippen molar-refractivity contribution in [2.24, 2.45) is 0 Å². The number of piperazine rings is 1. The molecule has 1 aliphatic heterocycles. The SMILES string of the molecule is CCc1cccc(OCCCCc2ccc3nc(C(=O)N4CCNCC4)[nH]c3c2)c1. The molecule has 6 nitrogen and oxygen atoms in total. The van der Waals surface area contributed by atoms with Gasteiger partial charge in [-0.25, -0.2) is 4.98 Å². The van der Waals surface area contributed by atoms with Gasteiger partial charge in [-0.05, 0) is 61.1 Å². The molecule has 2 N–H and O–H groups in total. The van der Waals surface area contributed by atoms with Gasteiger partial charge < -0.3 is 19.9 Å². The minimum atomic E-state index is -0.0152. The minimum Gasteiger partial charge on any atom is -0.494 e. The summed E-state index contributed by atoms with van der Waals surface area (Å²) in [7, 11) is 0. The summed E-state index contributed by atoms with van der Waals surface area (Å²) in [5.74, 6) is 1.38. The smallest absolute Gasteiger partial charge is 0.289 e. The third-order valence-corrected chi connectivity index (χ3v) is 5.59. The Balaban J connectivity index is 1.28. The lowest BCUT2D eigenvalue weighted by atomic mass is 10.1. The Kier molecular flexibility index (Phi) is 6.64. The molecule has 0 saturated carbocycles. The molecule has 0 bridgehead atoms. The van der Waals surface area contributed by atoms with Crippen LogP contribution >= 0.6 is 0 Å². The number of H-pyrrole nitrogens is 1. The van der Waals surface area contributed by atoms with Crippen molar-refractivity contribution in [3.8, 4) is 5.75 Å². The lowest BCUT2D eigenvalue weighted by Gasteiger charge is -2.26. The third kappa shape index (κ3) is 5.00. The molecule has 6 heteroatoms. The van der Waals surface area contributed by atoms with E-state index in [1.165, 1.54) is 11.1 Å². The number of aryl methyl sites for hydroxylation is 2. The summed E-state index contributed by atoms with van der Waals surface area (Å²) in [5, 5.41) is 3.26. The first-order valence-electron chi connectivity index (χ1n) is 10.9. The van der Waals surface area contributed by atoms with Gasteiger partial charge in [-0.3, -0.25) is 4.79 Å². The van der Waals surface area contributed by atoms with Crippen LogP contribution in [0.4, 0.5) is 0 Å². The summed E-state index contributed by atoms with van der Waals surface area (Å²) < 4.78 is 5.88. The zero-order valence-corrected chi connectivity index (χ0v) is 17.6. The summed E-state index contributed by atoms with van der Waals surface area (Å²) in [6.07, 6.45) is 4.06. The summed E-state index contributed by atoms with van der Waals surface area (Å²) in [6, 6.07) is 14.5. The van der Waals surface area contributed by atoms with Gasteiger partial charge in [0.05, 0.1) is 17.6 Å². The van der Waals surface area contributed by atoms with Gasteiger partial charge in [0.1, 0.15) is 5.75 Å². The van der Waals surface area contributed by atoms with E-state index in [4.69, 9.17) is 4.74 Å². The van der Waals surface area contributed by atoms with Crippen molar-refractivity contribution in [2.75, 3.05) is 32.8 Å². The van der Waals surface area contributed by atoms with E-state index >= 15 is 0 Å². The highest BCUT2D eigenvalue weighted by molar-refractivity contribution is 5.94. The van der Waals surface area contributed by atoms with Crippen molar-refractivity contribution in [1.29, 1.82) is 0 Å². The predicted molar refractivity (Wildman–Crippen MR) is 119 cm³/mol. The number of hydrogen-bond donors (Lipinski definition) is 2. The van der Waals surface area contributed by atoms with Crippen molar-refractivity contribution in [2.45, 2.75) is 32.6 Å². The van der Waals surface area contributed by atoms with E-state index in [0.717, 1.165) is 75.3 Å². The van der Waals surface area contributed by atoms with Gasteiger partial charge in [0, 0.05) is 26.2 Å². The molecule has 0 atom stereocenters. The van der Waals surface area contributed by atoms with E-state index in [9.17, 15) is 4.79 Å². The van der Waals surface area contributed by atoms with Gasteiger partial charge in [-0.15, -0.1) is 0 Å². The number of carbonyl (C=O) groups is 1. The van der Waals surface area contributed by atoms with Crippen LogP contribution in [0.25, 0.3) is 11.0 Å². The van der Waals surface area contributed by atoms with Crippen molar-refractivity contribution < 1.29 is 9.53 Å². The van der Waals surface area contributed by atoms with E-state index in [0.29, 0.717) is 5.82 Å². The molecular weight excluding hydrogens is 376 g/mol. The van der Waals surface area contributed by atoms with Crippen LogP contribution in [0.5, 0.6) is 5.75 Å². The summed E-state index contributed by atoms with van der Waals surface area (Å²) >= 11 is 0. The first-order chi connectivity index (χ1) is 14.7. The molecule has 0 spiro atoms. The largest absolute Gasteiger partial charge is 0.494 e. The lowest BCUT2D eigenvalue weighted by Crippen LogP contribution is -2.46. The van der Waals surface area contributed by atoms with Crippen LogP contribution in [-0.4, -0.2) is 53.6 Å². The Morgan fingerprint density at radius 2 is 1.97 bits per heavy atom. The fourth-order valence-corrected chi connectivity index (χ4v) is 3.81. The van der Waals surface area contributed by atoms with Crippen molar-refractivity contribution >= 4 is 16.9 Å². The normalized spacial score (nSPS) is 14.2. The molecule has 158 valence electrons. The first-order valence-corrected chi connectivity index (χ1v) is 10.9. The van der Waals surface area contributed by atoms with E-state index in [1.54, 1.807) is 0 Å². The van der Waals surface area contributed by atoms with Crippen LogP contribution in [0.1, 0.15) is 41.5 Å². The number of unbranched alkanes of at least 4 members (excludes halogenated alkanes) is 1. The number of carbonyl (C=O) groups excluding carboxylic acids is 1. The zero-order chi connectivity index (χ0) is 20.8. The number of aromatic nitrogens is 2. The van der Waals surface area contributed by atoms with Gasteiger partial charge in [0.15, 0.2) is 5.82 Å². The summed E-state index contributed by atoms with van der Waals surface area (Å²) in [4.78, 5) is 22.2. The van der Waals surface area contributed by atoms with Crippen LogP contribution in [0.2, 0.25) is 0 Å². The van der Waals surface area contributed by atoms with Crippen molar-refractivity contribution in [3.63, 3.8) is 0 Å². The quantitative estimate of drug-likeness (QED) is 0.561. The second-order valence-electron chi connectivity index (χ2n) is 7.79. The number of hydrogen-bond acceptors (Lipinski definition) is 4. The topological polar surface area (TPSA) is 70.2 Å². The summed E-state index contributed by atoms with van der Waals surface area (Å²) in [5.41, 5.74) is 4.32. The molecule has 1 aliphatic rings. The molecule has 0 unspecified atom stereocenters. The fraction of sp³-hybridized carbons (Fsp3) is 0.417. The second-order valence-corrected chi connectivity index (χ2v) is 7.79. The average Bonchev–Trinajstić information content (AvgIpc) is 3.22. The van der Waals surface area contributed by atoms with Crippen LogP contribution in [0, 0.1) is 0 Å². The molecular formula is C24H30N4O2. The number of amides is 1. The summed E-state index contributed by atoms with van der Waals surface area (Å²) in [6.45, 7) is 6.01. The molecule has 3 aromatic rings. The highest BCUT2D eigenvalue weighted by Crippen LogP contribution is 2.18. The van der Waals surface area contributed by atoms with E-state index in [2.05, 4.69) is 52.5 Å². The van der Waals surface area contributed by atoms with Crippen molar-refractivity contribution in [1.82, 2.24) is 20.2 Å². The average molecular weight is 407 g/mol. The van der Waals surface area contributed by atoms with Gasteiger partial charge in [-0.1, -0.05) is 25.1 Å². The molecule has 1 aromatic heterocycles. The van der Waals surface area contributed by atoms with E-state index in [-0.39, 0.29) is 5.91 Å². The van der Waals surface area contributed by atoms with E-state index < -0.39 is 0 Å². The molecule has 1 amide bonds. The Bertz CT molecular complexity index is 992. The van der Waals surface area contributed by atoms with Gasteiger partial charge in [0.25, 0.3) is 5.91 Å². The Morgan fingerprint density at radius 1 is 1.10 bits per heavy atom.